The van der Waals surface area contributed by atoms with Gasteiger partial charge >= 0.3 is 6.18 Å². The number of halogens is 3. The van der Waals surface area contributed by atoms with E-state index in [1.54, 1.807) is 18.2 Å². The van der Waals surface area contributed by atoms with Crippen LogP contribution in [0.25, 0.3) is 11.1 Å². The van der Waals surface area contributed by atoms with Crippen LogP contribution >= 0.6 is 0 Å². The molecule has 1 aliphatic rings. The molecule has 0 aliphatic carbocycles. The van der Waals surface area contributed by atoms with Gasteiger partial charge in [-0.15, -0.1) is 0 Å². The molecule has 0 aromatic heterocycles. The first-order valence-corrected chi connectivity index (χ1v) is 9.44. The third kappa shape index (κ3) is 5.16. The molecule has 1 saturated heterocycles. The molecular weight excluding hydrogens is 419 g/mol. The maximum Gasteiger partial charge on any atom is 0.416 e. The number of benzene rings is 2. The molecule has 2 aromatic carbocycles. The molecule has 1 aliphatic heterocycles. The Morgan fingerprint density at radius 1 is 1.13 bits per heavy atom. The highest BCUT2D eigenvalue weighted by Gasteiger charge is 2.46. The van der Waals surface area contributed by atoms with Crippen LogP contribution in [0.3, 0.4) is 0 Å². The number of hydrogen-bond acceptors (Lipinski definition) is 6. The predicted molar refractivity (Wildman–Crippen MR) is 103 cm³/mol. The van der Waals surface area contributed by atoms with Crippen LogP contribution in [0.4, 0.5) is 13.2 Å². The molecule has 0 radical (unpaired) electrons. The summed E-state index contributed by atoms with van der Waals surface area (Å²) < 4.78 is 50.7. The summed E-state index contributed by atoms with van der Waals surface area (Å²) >= 11 is 0. The van der Waals surface area contributed by atoms with Gasteiger partial charge in [-0.25, -0.2) is 0 Å². The largest absolute Gasteiger partial charge is 0.462 e. The van der Waals surface area contributed by atoms with Gasteiger partial charge in [-0.1, -0.05) is 30.3 Å². The molecule has 0 bridgehead atoms. The molecular formula is C21H22F3NO6. The average molecular weight is 441 g/mol. The second-order valence-electron chi connectivity index (χ2n) is 7.13. The number of rotatable bonds is 5. The van der Waals surface area contributed by atoms with Gasteiger partial charge < -0.3 is 30.1 Å². The van der Waals surface area contributed by atoms with Crippen LogP contribution in [0, 0.1) is 0 Å². The average Bonchev–Trinajstić information content (AvgIpc) is 2.73. The highest BCUT2D eigenvalue weighted by atomic mass is 19.4. The molecule has 0 saturated carbocycles. The topological polar surface area (TPSA) is 108 Å². The fourth-order valence-electron chi connectivity index (χ4n) is 3.37. The fraction of sp³-hybridized carbons (Fsp3) is 0.381. The number of carbonyl (C=O) groups is 1. The third-order valence-electron chi connectivity index (χ3n) is 4.88. The monoisotopic (exact) mass is 441 g/mol. The molecule has 1 heterocycles. The first-order chi connectivity index (χ1) is 14.6. The number of para-hydroxylation sites is 1. The molecule has 10 heteroatoms. The standard InChI is InChI=1S/C21H22F3NO6/c1-11(27)25-17-19(29)18(28)16(10-26)31-20(17)30-15-8-3-2-7-14(15)12-5-4-6-13(9-12)21(22,23)24/h2-9,16-20,26,28-29H,10H2,1H3,(H,25,27)/t16-,17-,18+,19-,20-/m1/s1. The van der Waals surface area contributed by atoms with Crippen molar-refractivity contribution in [3.63, 3.8) is 0 Å². The number of aliphatic hydroxyl groups is 3. The lowest BCUT2D eigenvalue weighted by Gasteiger charge is -2.42. The Bertz CT molecular complexity index is 922. The summed E-state index contributed by atoms with van der Waals surface area (Å²) in [6, 6.07) is 9.75. The van der Waals surface area contributed by atoms with Crippen molar-refractivity contribution in [2.45, 2.75) is 43.7 Å². The Morgan fingerprint density at radius 2 is 1.84 bits per heavy atom. The van der Waals surface area contributed by atoms with Crippen LogP contribution in [-0.2, 0) is 15.7 Å². The highest BCUT2D eigenvalue weighted by Crippen LogP contribution is 2.36. The van der Waals surface area contributed by atoms with E-state index in [1.807, 2.05) is 0 Å². The van der Waals surface area contributed by atoms with Crippen molar-refractivity contribution in [2.24, 2.45) is 0 Å². The lowest BCUT2D eigenvalue weighted by molar-refractivity contribution is -0.244. The van der Waals surface area contributed by atoms with Gasteiger partial charge in [-0.05, 0) is 23.8 Å². The Morgan fingerprint density at radius 3 is 2.48 bits per heavy atom. The zero-order valence-corrected chi connectivity index (χ0v) is 16.4. The molecule has 1 fully saturated rings. The Labute approximate surface area is 176 Å². The fourth-order valence-corrected chi connectivity index (χ4v) is 3.37. The minimum atomic E-state index is -4.52. The summed E-state index contributed by atoms with van der Waals surface area (Å²) in [5.74, 6) is -0.399. The van der Waals surface area contributed by atoms with E-state index in [-0.39, 0.29) is 11.3 Å². The van der Waals surface area contributed by atoms with E-state index in [2.05, 4.69) is 5.32 Å². The van der Waals surface area contributed by atoms with Gasteiger partial charge in [-0.2, -0.15) is 13.2 Å². The Balaban J connectivity index is 1.96. The van der Waals surface area contributed by atoms with Crippen molar-refractivity contribution in [3.05, 3.63) is 54.1 Å². The van der Waals surface area contributed by atoms with E-state index in [0.29, 0.717) is 5.56 Å². The normalized spacial score (nSPS) is 26.4. The minimum Gasteiger partial charge on any atom is -0.462 e. The quantitative estimate of drug-likeness (QED) is 0.563. The Kier molecular flexibility index (Phi) is 6.85. The first-order valence-electron chi connectivity index (χ1n) is 9.44. The number of ether oxygens (including phenoxy) is 2. The summed E-state index contributed by atoms with van der Waals surface area (Å²) in [6.07, 6.45) is -10.0. The molecule has 1 amide bonds. The van der Waals surface area contributed by atoms with Crippen LogP contribution in [0.1, 0.15) is 12.5 Å². The molecule has 4 N–H and O–H groups in total. The van der Waals surface area contributed by atoms with Crippen molar-refractivity contribution in [3.8, 4) is 16.9 Å². The van der Waals surface area contributed by atoms with Gasteiger partial charge in [0.1, 0.15) is 30.1 Å². The van der Waals surface area contributed by atoms with Crippen molar-refractivity contribution < 1.29 is 42.8 Å². The number of aliphatic hydroxyl groups excluding tert-OH is 3. The predicted octanol–water partition coefficient (Wildman–Crippen LogP) is 1.69. The van der Waals surface area contributed by atoms with Crippen LogP contribution in [0.5, 0.6) is 5.75 Å². The van der Waals surface area contributed by atoms with E-state index in [4.69, 9.17) is 9.47 Å². The maximum absolute atomic E-state index is 13.1. The van der Waals surface area contributed by atoms with Gasteiger partial charge in [0.15, 0.2) is 0 Å². The third-order valence-corrected chi connectivity index (χ3v) is 4.88. The van der Waals surface area contributed by atoms with Crippen molar-refractivity contribution in [1.29, 1.82) is 0 Å². The molecule has 5 atom stereocenters. The van der Waals surface area contributed by atoms with Gasteiger partial charge in [-0.3, -0.25) is 4.79 Å². The molecule has 3 rings (SSSR count). The smallest absolute Gasteiger partial charge is 0.416 e. The van der Waals surface area contributed by atoms with Gasteiger partial charge in [0, 0.05) is 12.5 Å². The van der Waals surface area contributed by atoms with E-state index in [9.17, 15) is 33.3 Å². The van der Waals surface area contributed by atoms with Crippen molar-refractivity contribution in [1.82, 2.24) is 5.32 Å². The number of hydrogen-bond donors (Lipinski definition) is 4. The zero-order valence-electron chi connectivity index (χ0n) is 16.4. The molecule has 0 unspecified atom stereocenters. The van der Waals surface area contributed by atoms with Crippen molar-refractivity contribution >= 4 is 5.91 Å². The Hall–Kier alpha value is -2.66. The SMILES string of the molecule is CC(=O)N[C@H]1[C@H](Oc2ccccc2-c2cccc(C(F)(F)F)c2)O[C@H](CO)[C@H](O)[C@@H]1O. The summed E-state index contributed by atoms with van der Waals surface area (Å²) in [5, 5.41) is 32.3. The lowest BCUT2D eigenvalue weighted by Crippen LogP contribution is -2.65. The highest BCUT2D eigenvalue weighted by molar-refractivity contribution is 5.73. The molecule has 31 heavy (non-hydrogen) atoms. The van der Waals surface area contributed by atoms with Gasteiger partial charge in [0.05, 0.1) is 12.2 Å². The molecule has 0 spiro atoms. The summed E-state index contributed by atoms with van der Waals surface area (Å²) in [4.78, 5) is 11.6. The second kappa shape index (κ2) is 9.23. The number of amides is 1. The summed E-state index contributed by atoms with van der Waals surface area (Å²) in [7, 11) is 0. The zero-order chi connectivity index (χ0) is 22.8. The van der Waals surface area contributed by atoms with Crippen LogP contribution in [0.15, 0.2) is 48.5 Å². The van der Waals surface area contributed by atoms with E-state index in [1.165, 1.54) is 25.1 Å². The van der Waals surface area contributed by atoms with Crippen LogP contribution < -0.4 is 10.1 Å². The molecule has 7 nitrogen and oxygen atoms in total. The summed E-state index contributed by atoms with van der Waals surface area (Å²) in [6.45, 7) is 0.574. The van der Waals surface area contributed by atoms with Crippen LogP contribution in [-0.4, -0.2) is 58.5 Å². The van der Waals surface area contributed by atoms with E-state index in [0.717, 1.165) is 12.1 Å². The van der Waals surface area contributed by atoms with E-state index >= 15 is 0 Å². The first kappa shape index (κ1) is 23.0. The maximum atomic E-state index is 13.1. The number of nitrogens with one attached hydrogen (secondary N) is 1. The minimum absolute atomic E-state index is 0.127. The summed E-state index contributed by atoms with van der Waals surface area (Å²) in [5.41, 5.74) is -0.278. The van der Waals surface area contributed by atoms with Crippen molar-refractivity contribution in [2.75, 3.05) is 6.61 Å². The van der Waals surface area contributed by atoms with Gasteiger partial charge in [0.2, 0.25) is 12.2 Å². The number of carbonyl (C=O) groups excluding carboxylic acids is 1. The second-order valence-corrected chi connectivity index (χ2v) is 7.13. The van der Waals surface area contributed by atoms with Crippen LogP contribution in [0.2, 0.25) is 0 Å². The number of alkyl halides is 3. The van der Waals surface area contributed by atoms with E-state index < -0.39 is 54.9 Å². The molecule has 168 valence electrons. The van der Waals surface area contributed by atoms with Gasteiger partial charge in [0.25, 0.3) is 0 Å². The molecule has 2 aromatic rings. The lowest BCUT2D eigenvalue weighted by atomic mass is 9.96.